The number of nitrogens with zero attached hydrogens (tertiary/aromatic N) is 1. The van der Waals surface area contributed by atoms with Gasteiger partial charge in [-0.25, -0.2) is 0 Å². The highest BCUT2D eigenvalue weighted by atomic mass is 15.1. The SMILES string of the molecule is CCC1(CC)CCN(CC2CCC(CN)CC2)CC1. The van der Waals surface area contributed by atoms with Crippen LogP contribution >= 0.6 is 0 Å². The Hall–Kier alpha value is -0.0800. The molecule has 1 heterocycles. The summed E-state index contributed by atoms with van der Waals surface area (Å²) in [6.07, 6.45) is 11.2. The Labute approximate surface area is 120 Å². The zero-order valence-corrected chi connectivity index (χ0v) is 13.2. The standard InChI is InChI=1S/C17H34N2/c1-3-17(4-2)9-11-19(12-10-17)14-16-7-5-15(13-18)6-8-16/h15-16H,3-14,18H2,1-2H3. The minimum absolute atomic E-state index is 0.674. The first kappa shape index (κ1) is 15.3. The second-order valence-corrected chi connectivity index (χ2v) is 7.13. The summed E-state index contributed by atoms with van der Waals surface area (Å²) in [5.41, 5.74) is 6.46. The molecule has 112 valence electrons. The van der Waals surface area contributed by atoms with Crippen molar-refractivity contribution in [2.75, 3.05) is 26.2 Å². The summed E-state index contributed by atoms with van der Waals surface area (Å²) in [5, 5.41) is 0. The highest BCUT2D eigenvalue weighted by molar-refractivity contribution is 4.85. The molecule has 1 saturated heterocycles. The molecule has 0 aromatic heterocycles. The first-order valence-electron chi connectivity index (χ1n) is 8.63. The van der Waals surface area contributed by atoms with E-state index in [4.69, 9.17) is 5.73 Å². The van der Waals surface area contributed by atoms with Crippen molar-refractivity contribution in [1.82, 2.24) is 4.90 Å². The normalized spacial score (nSPS) is 32.4. The number of nitrogens with two attached hydrogens (primary N) is 1. The molecule has 2 rings (SSSR count). The average molecular weight is 266 g/mol. The van der Waals surface area contributed by atoms with Crippen LogP contribution in [-0.2, 0) is 0 Å². The van der Waals surface area contributed by atoms with E-state index in [2.05, 4.69) is 18.7 Å². The molecule has 0 atom stereocenters. The first-order chi connectivity index (χ1) is 9.21. The molecule has 19 heavy (non-hydrogen) atoms. The van der Waals surface area contributed by atoms with Crippen molar-refractivity contribution >= 4 is 0 Å². The Balaban J connectivity index is 1.71. The minimum Gasteiger partial charge on any atom is -0.330 e. The van der Waals surface area contributed by atoms with Crippen LogP contribution in [0.4, 0.5) is 0 Å². The Bertz CT molecular complexity index is 242. The second-order valence-electron chi connectivity index (χ2n) is 7.13. The van der Waals surface area contributed by atoms with Gasteiger partial charge in [-0.3, -0.25) is 0 Å². The Morgan fingerprint density at radius 2 is 1.47 bits per heavy atom. The lowest BCUT2D eigenvalue weighted by Crippen LogP contribution is -2.42. The fourth-order valence-corrected chi connectivity index (χ4v) is 4.18. The number of rotatable bonds is 5. The highest BCUT2D eigenvalue weighted by Crippen LogP contribution is 2.38. The van der Waals surface area contributed by atoms with Crippen molar-refractivity contribution in [2.45, 2.75) is 65.2 Å². The topological polar surface area (TPSA) is 29.3 Å². The lowest BCUT2D eigenvalue weighted by atomic mass is 9.74. The van der Waals surface area contributed by atoms with Gasteiger partial charge >= 0.3 is 0 Å². The maximum absolute atomic E-state index is 5.78. The second kappa shape index (κ2) is 7.08. The predicted octanol–water partition coefficient (Wildman–Crippen LogP) is 3.65. The number of hydrogen-bond acceptors (Lipinski definition) is 2. The first-order valence-corrected chi connectivity index (χ1v) is 8.63. The van der Waals surface area contributed by atoms with E-state index >= 15 is 0 Å². The monoisotopic (exact) mass is 266 g/mol. The van der Waals surface area contributed by atoms with Crippen LogP contribution in [0.1, 0.15) is 65.2 Å². The average Bonchev–Trinajstić information content (AvgIpc) is 2.49. The van der Waals surface area contributed by atoms with Crippen molar-refractivity contribution in [1.29, 1.82) is 0 Å². The van der Waals surface area contributed by atoms with Crippen LogP contribution < -0.4 is 5.73 Å². The number of hydrogen-bond donors (Lipinski definition) is 1. The van der Waals surface area contributed by atoms with Gasteiger partial charge in [0.2, 0.25) is 0 Å². The summed E-state index contributed by atoms with van der Waals surface area (Å²) in [7, 11) is 0. The summed E-state index contributed by atoms with van der Waals surface area (Å²) < 4.78 is 0. The summed E-state index contributed by atoms with van der Waals surface area (Å²) in [5.74, 6) is 1.78. The van der Waals surface area contributed by atoms with Crippen LogP contribution in [0.3, 0.4) is 0 Å². The molecule has 0 amide bonds. The van der Waals surface area contributed by atoms with Gasteiger partial charge in [-0.2, -0.15) is 0 Å². The van der Waals surface area contributed by atoms with Crippen molar-refractivity contribution in [2.24, 2.45) is 23.0 Å². The maximum Gasteiger partial charge on any atom is 0.000967 e. The molecule has 0 bridgehead atoms. The third-order valence-corrected chi connectivity index (χ3v) is 6.23. The number of likely N-dealkylation sites (tertiary alicyclic amines) is 1. The minimum atomic E-state index is 0.674. The quantitative estimate of drug-likeness (QED) is 0.823. The number of piperidine rings is 1. The molecule has 1 aliphatic heterocycles. The van der Waals surface area contributed by atoms with E-state index in [1.807, 2.05) is 0 Å². The molecule has 0 radical (unpaired) electrons. The van der Waals surface area contributed by atoms with Crippen molar-refractivity contribution in [3.8, 4) is 0 Å². The Morgan fingerprint density at radius 1 is 0.947 bits per heavy atom. The predicted molar refractivity (Wildman–Crippen MR) is 83.2 cm³/mol. The third-order valence-electron chi connectivity index (χ3n) is 6.23. The van der Waals surface area contributed by atoms with E-state index in [1.54, 1.807) is 0 Å². The molecular weight excluding hydrogens is 232 g/mol. The third kappa shape index (κ3) is 3.95. The molecule has 0 aromatic carbocycles. The van der Waals surface area contributed by atoms with Crippen molar-refractivity contribution in [3.63, 3.8) is 0 Å². The van der Waals surface area contributed by atoms with Gasteiger partial charge in [0.1, 0.15) is 0 Å². The van der Waals surface area contributed by atoms with Crippen LogP contribution in [0.5, 0.6) is 0 Å². The van der Waals surface area contributed by atoms with Crippen LogP contribution in [-0.4, -0.2) is 31.1 Å². The smallest absolute Gasteiger partial charge is 0.000967 e. The van der Waals surface area contributed by atoms with Gasteiger partial charge in [0, 0.05) is 6.54 Å². The zero-order valence-electron chi connectivity index (χ0n) is 13.2. The molecule has 0 unspecified atom stereocenters. The fourth-order valence-electron chi connectivity index (χ4n) is 4.18. The van der Waals surface area contributed by atoms with E-state index < -0.39 is 0 Å². The largest absolute Gasteiger partial charge is 0.330 e. The summed E-state index contributed by atoms with van der Waals surface area (Å²) in [4.78, 5) is 2.75. The van der Waals surface area contributed by atoms with Crippen LogP contribution in [0, 0.1) is 17.3 Å². The molecule has 2 nitrogen and oxygen atoms in total. The van der Waals surface area contributed by atoms with E-state index in [-0.39, 0.29) is 0 Å². The molecule has 2 N–H and O–H groups in total. The maximum atomic E-state index is 5.78. The van der Waals surface area contributed by atoms with Crippen LogP contribution in [0.25, 0.3) is 0 Å². The Kier molecular flexibility index (Phi) is 5.70. The van der Waals surface area contributed by atoms with Gasteiger partial charge in [0.25, 0.3) is 0 Å². The molecule has 1 aliphatic carbocycles. The van der Waals surface area contributed by atoms with E-state index in [0.29, 0.717) is 5.41 Å². The molecule has 0 aromatic rings. The molecule has 2 fully saturated rings. The fraction of sp³-hybridized carbons (Fsp3) is 1.00. The van der Waals surface area contributed by atoms with Crippen LogP contribution in [0.15, 0.2) is 0 Å². The zero-order chi connectivity index (χ0) is 13.7. The molecule has 1 saturated carbocycles. The van der Waals surface area contributed by atoms with Gasteiger partial charge in [0.15, 0.2) is 0 Å². The van der Waals surface area contributed by atoms with Crippen molar-refractivity contribution < 1.29 is 0 Å². The lowest BCUT2D eigenvalue weighted by Gasteiger charge is -2.42. The van der Waals surface area contributed by atoms with Gasteiger partial charge in [-0.1, -0.05) is 26.7 Å². The summed E-state index contributed by atoms with van der Waals surface area (Å²) in [6, 6.07) is 0. The Morgan fingerprint density at radius 3 is 1.95 bits per heavy atom. The van der Waals surface area contributed by atoms with Gasteiger partial charge in [0.05, 0.1) is 0 Å². The van der Waals surface area contributed by atoms with E-state index in [1.165, 1.54) is 71.0 Å². The molecule has 2 aliphatic rings. The molecule has 2 heteroatoms. The highest BCUT2D eigenvalue weighted by Gasteiger charge is 2.32. The molecule has 0 spiro atoms. The van der Waals surface area contributed by atoms with Crippen molar-refractivity contribution in [3.05, 3.63) is 0 Å². The molecular formula is C17H34N2. The van der Waals surface area contributed by atoms with Gasteiger partial charge < -0.3 is 10.6 Å². The lowest BCUT2D eigenvalue weighted by molar-refractivity contribution is 0.0762. The summed E-state index contributed by atoms with van der Waals surface area (Å²) >= 11 is 0. The van der Waals surface area contributed by atoms with Gasteiger partial charge in [-0.15, -0.1) is 0 Å². The van der Waals surface area contributed by atoms with Crippen LogP contribution in [0.2, 0.25) is 0 Å². The summed E-state index contributed by atoms with van der Waals surface area (Å²) in [6.45, 7) is 9.73. The van der Waals surface area contributed by atoms with E-state index in [9.17, 15) is 0 Å². The van der Waals surface area contributed by atoms with E-state index in [0.717, 1.165) is 18.4 Å². The van der Waals surface area contributed by atoms with Gasteiger partial charge in [-0.05, 0) is 75.4 Å².